The van der Waals surface area contributed by atoms with Crippen LogP contribution in [0.15, 0.2) is 10.6 Å². The molecule has 0 aromatic carbocycles. The standard InChI is InChI=1S/C8H8N4O2/c1-5-6(3-12(2)11-5)8-10-9-7(4-13)14-8/h3-4H,1-2H3. The Hall–Kier alpha value is -1.98. The quantitative estimate of drug-likeness (QED) is 0.651. The van der Waals surface area contributed by atoms with Gasteiger partial charge in [0.2, 0.25) is 6.29 Å². The number of aldehydes is 1. The van der Waals surface area contributed by atoms with Gasteiger partial charge in [-0.2, -0.15) is 5.10 Å². The first-order chi connectivity index (χ1) is 6.70. The topological polar surface area (TPSA) is 73.8 Å². The highest BCUT2D eigenvalue weighted by molar-refractivity contribution is 5.68. The van der Waals surface area contributed by atoms with Crippen LogP contribution < -0.4 is 0 Å². The first-order valence-electron chi connectivity index (χ1n) is 4.00. The van der Waals surface area contributed by atoms with Crippen molar-refractivity contribution in [3.63, 3.8) is 0 Å². The number of aryl methyl sites for hydroxylation is 2. The van der Waals surface area contributed by atoms with Crippen molar-refractivity contribution >= 4 is 6.29 Å². The van der Waals surface area contributed by atoms with Crippen LogP contribution in [0.4, 0.5) is 0 Å². The molecule has 6 nitrogen and oxygen atoms in total. The fourth-order valence-corrected chi connectivity index (χ4v) is 1.20. The molecular formula is C8H8N4O2. The van der Waals surface area contributed by atoms with Crippen molar-refractivity contribution in [3.8, 4) is 11.5 Å². The smallest absolute Gasteiger partial charge is 0.280 e. The van der Waals surface area contributed by atoms with E-state index in [4.69, 9.17) is 4.42 Å². The van der Waals surface area contributed by atoms with Crippen LogP contribution in [-0.4, -0.2) is 26.3 Å². The summed E-state index contributed by atoms with van der Waals surface area (Å²) in [4.78, 5) is 10.3. The average Bonchev–Trinajstić information content (AvgIpc) is 2.71. The third-order valence-electron chi connectivity index (χ3n) is 1.79. The summed E-state index contributed by atoms with van der Waals surface area (Å²) in [6, 6.07) is 0. The summed E-state index contributed by atoms with van der Waals surface area (Å²) in [7, 11) is 1.80. The van der Waals surface area contributed by atoms with Crippen LogP contribution in [0.2, 0.25) is 0 Å². The minimum absolute atomic E-state index is 0.0248. The van der Waals surface area contributed by atoms with Crippen molar-refractivity contribution in [2.75, 3.05) is 0 Å². The molecule has 6 heteroatoms. The molecule has 2 aromatic rings. The minimum Gasteiger partial charge on any atom is -0.414 e. The van der Waals surface area contributed by atoms with Crippen molar-refractivity contribution in [1.29, 1.82) is 0 Å². The lowest BCUT2D eigenvalue weighted by molar-refractivity contribution is 0.109. The molecule has 0 fully saturated rings. The molecule has 14 heavy (non-hydrogen) atoms. The number of carbonyl (C=O) groups excluding carboxylic acids is 1. The lowest BCUT2D eigenvalue weighted by Gasteiger charge is -1.86. The molecule has 0 saturated carbocycles. The Labute approximate surface area is 79.6 Å². The molecule has 0 N–H and O–H groups in total. The highest BCUT2D eigenvalue weighted by atomic mass is 16.4. The molecule has 0 unspecified atom stereocenters. The molecule has 0 aliphatic rings. The van der Waals surface area contributed by atoms with E-state index < -0.39 is 0 Å². The van der Waals surface area contributed by atoms with Gasteiger partial charge in [0, 0.05) is 13.2 Å². The zero-order chi connectivity index (χ0) is 10.1. The molecule has 0 bridgehead atoms. The zero-order valence-electron chi connectivity index (χ0n) is 7.76. The van der Waals surface area contributed by atoms with Gasteiger partial charge in [0.25, 0.3) is 11.8 Å². The first-order valence-corrected chi connectivity index (χ1v) is 4.00. The number of nitrogens with zero attached hydrogens (tertiary/aromatic N) is 4. The summed E-state index contributed by atoms with van der Waals surface area (Å²) < 4.78 is 6.72. The zero-order valence-corrected chi connectivity index (χ0v) is 7.76. The maximum absolute atomic E-state index is 10.3. The van der Waals surface area contributed by atoms with Crippen LogP contribution in [0, 0.1) is 6.92 Å². The van der Waals surface area contributed by atoms with Gasteiger partial charge in [-0.3, -0.25) is 9.48 Å². The van der Waals surface area contributed by atoms with Gasteiger partial charge < -0.3 is 4.42 Å². The summed E-state index contributed by atoms with van der Waals surface area (Å²) in [6.45, 7) is 1.83. The van der Waals surface area contributed by atoms with Crippen molar-refractivity contribution in [3.05, 3.63) is 17.8 Å². The highest BCUT2D eigenvalue weighted by Crippen LogP contribution is 2.19. The van der Waals surface area contributed by atoms with Gasteiger partial charge in [0.15, 0.2) is 0 Å². The lowest BCUT2D eigenvalue weighted by atomic mass is 10.3. The maximum Gasteiger partial charge on any atom is 0.280 e. The van der Waals surface area contributed by atoms with Gasteiger partial charge in [-0.15, -0.1) is 10.2 Å². The second-order valence-electron chi connectivity index (χ2n) is 2.87. The van der Waals surface area contributed by atoms with Crippen LogP contribution in [0.5, 0.6) is 0 Å². The second-order valence-corrected chi connectivity index (χ2v) is 2.87. The molecule has 0 amide bonds. The second kappa shape index (κ2) is 3.06. The molecule has 0 aliphatic carbocycles. The number of hydrogen-bond donors (Lipinski definition) is 0. The average molecular weight is 192 g/mol. The van der Waals surface area contributed by atoms with Gasteiger partial charge in [0.1, 0.15) is 0 Å². The van der Waals surface area contributed by atoms with E-state index >= 15 is 0 Å². The molecule has 0 aliphatic heterocycles. The van der Waals surface area contributed by atoms with E-state index in [9.17, 15) is 4.79 Å². The first kappa shape index (κ1) is 8.61. The number of aromatic nitrogens is 4. The molecule has 2 rings (SSSR count). The molecule has 0 atom stereocenters. The van der Waals surface area contributed by atoms with Crippen molar-refractivity contribution in [2.45, 2.75) is 6.92 Å². The van der Waals surface area contributed by atoms with E-state index in [-0.39, 0.29) is 5.89 Å². The third kappa shape index (κ3) is 1.30. The number of rotatable bonds is 2. The molecular weight excluding hydrogens is 184 g/mol. The van der Waals surface area contributed by atoms with E-state index in [1.54, 1.807) is 17.9 Å². The Bertz CT molecular complexity index is 471. The van der Waals surface area contributed by atoms with Crippen LogP contribution in [0.25, 0.3) is 11.5 Å². The van der Waals surface area contributed by atoms with Crippen molar-refractivity contribution in [1.82, 2.24) is 20.0 Å². The summed E-state index contributed by atoms with van der Waals surface area (Å²) >= 11 is 0. The molecule has 0 spiro atoms. The number of hydrogen-bond acceptors (Lipinski definition) is 5. The van der Waals surface area contributed by atoms with Crippen molar-refractivity contribution < 1.29 is 9.21 Å². The fourth-order valence-electron chi connectivity index (χ4n) is 1.20. The van der Waals surface area contributed by atoms with Crippen LogP contribution in [0.1, 0.15) is 16.4 Å². The van der Waals surface area contributed by atoms with Gasteiger partial charge >= 0.3 is 0 Å². The predicted molar refractivity (Wildman–Crippen MR) is 46.6 cm³/mol. The molecule has 0 radical (unpaired) electrons. The number of carbonyl (C=O) groups is 1. The Kier molecular flexibility index (Phi) is 1.88. The third-order valence-corrected chi connectivity index (χ3v) is 1.79. The highest BCUT2D eigenvalue weighted by Gasteiger charge is 2.12. The Morgan fingerprint density at radius 1 is 1.50 bits per heavy atom. The van der Waals surface area contributed by atoms with E-state index in [1.807, 2.05) is 6.92 Å². The van der Waals surface area contributed by atoms with E-state index in [2.05, 4.69) is 15.3 Å². The Morgan fingerprint density at radius 3 is 2.79 bits per heavy atom. The van der Waals surface area contributed by atoms with Gasteiger partial charge in [-0.05, 0) is 6.92 Å². The summed E-state index contributed by atoms with van der Waals surface area (Å²) in [5.41, 5.74) is 1.53. The predicted octanol–water partition coefficient (Wildman–Crippen LogP) is 0.591. The van der Waals surface area contributed by atoms with Gasteiger partial charge in [-0.25, -0.2) is 0 Å². The molecule has 72 valence electrons. The monoisotopic (exact) mass is 192 g/mol. The molecule has 2 aromatic heterocycles. The fraction of sp³-hybridized carbons (Fsp3) is 0.250. The largest absolute Gasteiger partial charge is 0.414 e. The summed E-state index contributed by atoms with van der Waals surface area (Å²) in [5, 5.41) is 11.4. The lowest BCUT2D eigenvalue weighted by Crippen LogP contribution is -1.86. The minimum atomic E-state index is -0.0248. The Morgan fingerprint density at radius 2 is 2.29 bits per heavy atom. The molecule has 0 saturated heterocycles. The molecule has 2 heterocycles. The van der Waals surface area contributed by atoms with Crippen LogP contribution >= 0.6 is 0 Å². The van der Waals surface area contributed by atoms with Crippen molar-refractivity contribution in [2.24, 2.45) is 7.05 Å². The van der Waals surface area contributed by atoms with Gasteiger partial charge in [-0.1, -0.05) is 0 Å². The summed E-state index contributed by atoms with van der Waals surface area (Å²) in [6.07, 6.45) is 2.28. The van der Waals surface area contributed by atoms with Gasteiger partial charge in [0.05, 0.1) is 11.3 Å². The SMILES string of the molecule is Cc1nn(C)cc1-c1nnc(C=O)o1. The Balaban J connectivity index is 2.48. The van der Waals surface area contributed by atoms with E-state index in [1.165, 1.54) is 0 Å². The normalized spacial score (nSPS) is 10.4. The van der Waals surface area contributed by atoms with E-state index in [0.29, 0.717) is 12.2 Å². The van der Waals surface area contributed by atoms with Crippen LogP contribution in [-0.2, 0) is 7.05 Å². The maximum atomic E-state index is 10.3. The summed E-state index contributed by atoms with van der Waals surface area (Å²) in [5.74, 6) is 0.293. The van der Waals surface area contributed by atoms with Crippen LogP contribution in [0.3, 0.4) is 0 Å². The van der Waals surface area contributed by atoms with E-state index in [0.717, 1.165) is 11.3 Å².